The summed E-state index contributed by atoms with van der Waals surface area (Å²) < 4.78 is 0. The second kappa shape index (κ2) is 4.38. The maximum Gasteiger partial charge on any atom is 0.0871 e. The van der Waals surface area contributed by atoms with Gasteiger partial charge in [0.15, 0.2) is 0 Å². The minimum absolute atomic E-state index is 0.718. The second-order valence-corrected chi connectivity index (χ2v) is 3.32. The number of unbranched alkanes of at least 4 members (excludes halogenated alkanes) is 1. The van der Waals surface area contributed by atoms with Crippen LogP contribution in [0.15, 0.2) is 17.4 Å². The largest absolute Gasteiger partial charge is 0.385 e. The Hall–Kier alpha value is -0.520. The molecule has 0 aliphatic rings. The molecule has 0 aliphatic carbocycles. The van der Waals surface area contributed by atoms with Gasteiger partial charge in [-0.3, -0.25) is 0 Å². The van der Waals surface area contributed by atoms with E-state index in [0.29, 0.717) is 0 Å². The molecule has 0 fully saturated rings. The molecule has 0 spiro atoms. The van der Waals surface area contributed by atoms with E-state index < -0.39 is 5.60 Å². The molecule has 64 valence electrons. The second-order valence-electron chi connectivity index (χ2n) is 3.32. The van der Waals surface area contributed by atoms with Crippen molar-refractivity contribution >= 4 is 0 Å². The summed E-state index contributed by atoms with van der Waals surface area (Å²) in [6.45, 7) is 7.56. The minimum atomic E-state index is -0.718. The third kappa shape index (κ3) is 4.83. The van der Waals surface area contributed by atoms with Crippen molar-refractivity contribution in [1.29, 1.82) is 0 Å². The van der Waals surface area contributed by atoms with E-state index in [2.05, 4.69) is 12.7 Å². The molecule has 11 heavy (non-hydrogen) atoms. The lowest BCUT2D eigenvalue weighted by Crippen LogP contribution is -2.19. The average Bonchev–Trinajstić information content (AvgIpc) is 1.86. The first kappa shape index (κ1) is 10.5. The molecule has 0 radical (unpaired) electrons. The van der Waals surface area contributed by atoms with Gasteiger partial charge in [0.2, 0.25) is 0 Å². The molecular weight excluding hydrogens is 136 g/mol. The summed E-state index contributed by atoms with van der Waals surface area (Å²) in [7, 11) is 0. The van der Waals surface area contributed by atoms with E-state index >= 15 is 0 Å². The van der Waals surface area contributed by atoms with E-state index in [9.17, 15) is 5.11 Å². The Morgan fingerprint density at radius 1 is 1.55 bits per heavy atom. The van der Waals surface area contributed by atoms with Crippen molar-refractivity contribution in [2.24, 2.45) is 0 Å². The molecule has 0 atom stereocenters. The van der Waals surface area contributed by atoms with E-state index in [1.54, 1.807) is 13.8 Å². The molecule has 1 heteroatoms. The average molecular weight is 154 g/mol. The zero-order valence-electron chi connectivity index (χ0n) is 7.94. The van der Waals surface area contributed by atoms with Crippen LogP contribution in [0.4, 0.5) is 0 Å². The first-order valence-electron chi connectivity index (χ1n) is 4.13. The summed E-state index contributed by atoms with van der Waals surface area (Å²) in [5.74, 6) is 0. The van der Waals surface area contributed by atoms with Crippen molar-refractivity contribution in [2.45, 2.75) is 46.1 Å². The molecule has 0 aromatic carbocycles. The van der Waals surface area contributed by atoms with Gasteiger partial charge in [-0.2, -0.15) is 0 Å². The Balaban J connectivity index is 4.21. The van der Waals surface area contributed by atoms with Gasteiger partial charge in [-0.25, -0.2) is 0 Å². The van der Waals surface area contributed by atoms with Gasteiger partial charge in [0.1, 0.15) is 0 Å². The normalized spacial score (nSPS) is 10.6. The first-order valence-corrected chi connectivity index (χ1v) is 4.13. The highest BCUT2D eigenvalue weighted by Gasteiger charge is 2.13. The molecule has 0 heterocycles. The molecule has 0 aromatic rings. The highest BCUT2D eigenvalue weighted by molar-refractivity contribution is 5.09. The molecule has 1 nitrogen and oxygen atoms in total. The summed E-state index contributed by atoms with van der Waals surface area (Å²) in [5.41, 5.74) is 3.24. The van der Waals surface area contributed by atoms with Crippen molar-refractivity contribution in [1.82, 2.24) is 0 Å². The Labute approximate surface area is 69.4 Å². The maximum absolute atomic E-state index is 9.47. The third-order valence-corrected chi connectivity index (χ3v) is 1.67. The fraction of sp³-hybridized carbons (Fsp3) is 0.700. The lowest BCUT2D eigenvalue weighted by molar-refractivity contribution is 0.120. The summed E-state index contributed by atoms with van der Waals surface area (Å²) >= 11 is 0. The van der Waals surface area contributed by atoms with Crippen LogP contribution in [-0.2, 0) is 0 Å². The lowest BCUT2D eigenvalue weighted by Gasteiger charge is -2.15. The van der Waals surface area contributed by atoms with Crippen molar-refractivity contribution in [3.8, 4) is 0 Å². The van der Waals surface area contributed by atoms with Gasteiger partial charge in [0, 0.05) is 0 Å². The monoisotopic (exact) mass is 154 g/mol. The minimum Gasteiger partial charge on any atom is -0.385 e. The maximum atomic E-state index is 9.47. The number of hydrogen-bond acceptors (Lipinski definition) is 1. The van der Waals surface area contributed by atoms with Gasteiger partial charge in [-0.05, 0) is 38.8 Å². The number of aliphatic hydroxyl groups is 1. The van der Waals surface area contributed by atoms with Gasteiger partial charge in [0.05, 0.1) is 5.60 Å². The van der Waals surface area contributed by atoms with Gasteiger partial charge >= 0.3 is 0 Å². The Morgan fingerprint density at radius 3 is 2.45 bits per heavy atom. The molecule has 0 saturated heterocycles. The van der Waals surface area contributed by atoms with Crippen LogP contribution >= 0.6 is 0 Å². The zero-order valence-corrected chi connectivity index (χ0v) is 7.94. The van der Waals surface area contributed by atoms with Gasteiger partial charge in [-0.1, -0.05) is 13.3 Å². The van der Waals surface area contributed by atoms with E-state index in [0.717, 1.165) is 18.4 Å². The molecule has 0 aliphatic heterocycles. The van der Waals surface area contributed by atoms with Crippen LogP contribution in [0.1, 0.15) is 40.5 Å². The van der Waals surface area contributed by atoms with Crippen LogP contribution in [-0.4, -0.2) is 10.7 Å². The fourth-order valence-corrected chi connectivity index (χ4v) is 0.546. The fourth-order valence-electron chi connectivity index (χ4n) is 0.546. The summed E-state index contributed by atoms with van der Waals surface area (Å²) in [4.78, 5) is 0. The molecular formula is C10H18O. The smallest absolute Gasteiger partial charge is 0.0871 e. The molecule has 0 bridgehead atoms. The molecule has 1 N–H and O–H groups in total. The van der Waals surface area contributed by atoms with Crippen LogP contribution < -0.4 is 0 Å². The van der Waals surface area contributed by atoms with E-state index in [1.165, 1.54) is 0 Å². The van der Waals surface area contributed by atoms with Crippen LogP contribution in [0.25, 0.3) is 0 Å². The summed E-state index contributed by atoms with van der Waals surface area (Å²) in [6, 6.07) is 0. The van der Waals surface area contributed by atoms with Gasteiger partial charge in [0.25, 0.3) is 0 Å². The van der Waals surface area contributed by atoms with Crippen LogP contribution in [0, 0.1) is 0 Å². The van der Waals surface area contributed by atoms with E-state index in [4.69, 9.17) is 0 Å². The van der Waals surface area contributed by atoms with Crippen molar-refractivity contribution in [2.75, 3.05) is 0 Å². The predicted octanol–water partition coefficient (Wildman–Crippen LogP) is 2.66. The molecule has 0 rings (SSSR count). The van der Waals surface area contributed by atoms with Crippen LogP contribution in [0.5, 0.6) is 0 Å². The highest BCUT2D eigenvalue weighted by atomic mass is 16.3. The topological polar surface area (TPSA) is 20.2 Å². The number of hydrogen-bond donors (Lipinski definition) is 1. The van der Waals surface area contributed by atoms with Crippen LogP contribution in [0.2, 0.25) is 0 Å². The van der Waals surface area contributed by atoms with Crippen LogP contribution in [0.3, 0.4) is 0 Å². The van der Waals surface area contributed by atoms with Crippen molar-refractivity contribution in [3.05, 3.63) is 17.4 Å². The predicted molar refractivity (Wildman–Crippen MR) is 48.5 cm³/mol. The quantitative estimate of drug-likeness (QED) is 0.620. The Bertz CT molecular complexity index is 166. The summed E-state index contributed by atoms with van der Waals surface area (Å²) in [5, 5.41) is 9.47. The SMILES string of the molecule is CCCC=C=C(C)C(C)(C)O. The Morgan fingerprint density at radius 2 is 2.09 bits per heavy atom. The van der Waals surface area contributed by atoms with Gasteiger partial charge in [-0.15, -0.1) is 5.73 Å². The van der Waals surface area contributed by atoms with Crippen molar-refractivity contribution in [3.63, 3.8) is 0 Å². The summed E-state index contributed by atoms with van der Waals surface area (Å²) in [6.07, 6.45) is 4.15. The molecule has 0 saturated carbocycles. The molecule has 0 unspecified atom stereocenters. The van der Waals surface area contributed by atoms with Crippen molar-refractivity contribution < 1.29 is 5.11 Å². The van der Waals surface area contributed by atoms with E-state index in [-0.39, 0.29) is 0 Å². The molecule has 0 aromatic heterocycles. The van der Waals surface area contributed by atoms with E-state index in [1.807, 2.05) is 13.0 Å². The first-order chi connectivity index (χ1) is 4.98. The number of rotatable bonds is 3. The third-order valence-electron chi connectivity index (χ3n) is 1.67. The lowest BCUT2D eigenvalue weighted by atomic mass is 10.0. The Kier molecular flexibility index (Phi) is 4.17. The standard InChI is InChI=1S/C10H18O/c1-5-6-7-8-9(2)10(3,4)11/h7,11H,5-6H2,1-4H3. The molecule has 0 amide bonds. The zero-order chi connectivity index (χ0) is 8.91. The van der Waals surface area contributed by atoms with Gasteiger partial charge < -0.3 is 5.11 Å². The highest BCUT2D eigenvalue weighted by Crippen LogP contribution is 2.12.